The summed E-state index contributed by atoms with van der Waals surface area (Å²) in [5.41, 5.74) is 1.78. The third kappa shape index (κ3) is 3.07. The Labute approximate surface area is 123 Å². The van der Waals surface area contributed by atoms with Gasteiger partial charge in [0.25, 0.3) is 0 Å². The van der Waals surface area contributed by atoms with Crippen LogP contribution in [0.3, 0.4) is 0 Å². The first-order valence-corrected chi connectivity index (χ1v) is 6.86. The zero-order valence-corrected chi connectivity index (χ0v) is 11.8. The van der Waals surface area contributed by atoms with E-state index in [0.717, 1.165) is 11.1 Å². The van der Waals surface area contributed by atoms with Crippen molar-refractivity contribution in [3.63, 3.8) is 0 Å². The van der Waals surface area contributed by atoms with Crippen molar-refractivity contribution in [3.8, 4) is 6.07 Å². The van der Waals surface area contributed by atoms with Gasteiger partial charge in [0, 0.05) is 6.54 Å². The Hall–Kier alpha value is -1.49. The number of hydrogen-bond donors (Lipinski definition) is 4. The van der Waals surface area contributed by atoms with Gasteiger partial charge in [-0.1, -0.05) is 29.8 Å². The fourth-order valence-electron chi connectivity index (χ4n) is 2.71. The molecule has 1 heterocycles. The largest absolute Gasteiger partial charge is 0.395 e. The second kappa shape index (κ2) is 6.52. The first kappa shape index (κ1) is 15.9. The van der Waals surface area contributed by atoms with E-state index < -0.39 is 37.0 Å². The fraction of sp³-hybridized carbons (Fsp3) is 0.533. The summed E-state index contributed by atoms with van der Waals surface area (Å²) in [6.45, 7) is 1.54. The van der Waals surface area contributed by atoms with Crippen molar-refractivity contribution >= 4 is 0 Å². The summed E-state index contributed by atoms with van der Waals surface area (Å²) in [7, 11) is 0. The van der Waals surface area contributed by atoms with E-state index in [4.69, 9.17) is 0 Å². The summed E-state index contributed by atoms with van der Waals surface area (Å²) in [6.07, 6.45) is -3.79. The molecule has 2 rings (SSSR count). The van der Waals surface area contributed by atoms with E-state index in [1.54, 1.807) is 12.1 Å². The number of piperidine rings is 1. The van der Waals surface area contributed by atoms with Gasteiger partial charge in [0.2, 0.25) is 0 Å². The predicted octanol–water partition coefficient (Wildman–Crippen LogP) is -0.681. The fourth-order valence-corrected chi connectivity index (χ4v) is 2.71. The molecule has 0 amide bonds. The molecule has 6 heteroatoms. The quantitative estimate of drug-likeness (QED) is 0.588. The molecule has 5 atom stereocenters. The molecule has 1 unspecified atom stereocenters. The highest BCUT2D eigenvalue weighted by Crippen LogP contribution is 2.29. The highest BCUT2D eigenvalue weighted by molar-refractivity contribution is 5.28. The standard InChI is InChI=1S/C15H20N2O4/c1-9-2-4-10(5-3-9)11(6-16)17-7-13(19)15(21)14(20)12(17)8-18/h2-5,11-15,18-21H,7-8H2,1H3/t11?,12-,13+,14-,15-/m1/s1. The van der Waals surface area contributed by atoms with E-state index in [-0.39, 0.29) is 6.54 Å². The Morgan fingerprint density at radius 1 is 1.24 bits per heavy atom. The zero-order valence-electron chi connectivity index (χ0n) is 11.8. The van der Waals surface area contributed by atoms with E-state index >= 15 is 0 Å². The SMILES string of the molecule is Cc1ccc(C(C#N)N2C[C@H](O)[C@@H](O)[C@H](O)[C@H]2CO)cc1. The number of hydrogen-bond acceptors (Lipinski definition) is 6. The minimum Gasteiger partial charge on any atom is -0.395 e. The molecule has 0 spiro atoms. The Balaban J connectivity index is 2.31. The van der Waals surface area contributed by atoms with Crippen molar-refractivity contribution in [3.05, 3.63) is 35.4 Å². The number of nitrogens with zero attached hydrogens (tertiary/aromatic N) is 2. The number of aliphatic hydroxyl groups excluding tert-OH is 4. The Kier molecular flexibility index (Phi) is 4.93. The molecule has 0 saturated carbocycles. The summed E-state index contributed by atoms with van der Waals surface area (Å²) >= 11 is 0. The van der Waals surface area contributed by atoms with Gasteiger partial charge in [-0.3, -0.25) is 4.90 Å². The highest BCUT2D eigenvalue weighted by atomic mass is 16.4. The molecule has 1 aromatic carbocycles. The highest BCUT2D eigenvalue weighted by Gasteiger charge is 2.44. The minimum absolute atomic E-state index is 0.00948. The summed E-state index contributed by atoms with van der Waals surface area (Å²) in [6, 6.07) is 8.00. The molecule has 0 bridgehead atoms. The monoisotopic (exact) mass is 292 g/mol. The topological polar surface area (TPSA) is 108 Å². The smallest absolute Gasteiger partial charge is 0.124 e. The minimum atomic E-state index is -1.32. The van der Waals surface area contributed by atoms with Crippen molar-refractivity contribution in [1.29, 1.82) is 5.26 Å². The number of aliphatic hydroxyl groups is 4. The Bertz CT molecular complexity index is 513. The molecule has 1 aliphatic rings. The Morgan fingerprint density at radius 3 is 2.38 bits per heavy atom. The second-order valence-corrected chi connectivity index (χ2v) is 5.44. The van der Waals surface area contributed by atoms with Crippen LogP contribution in [0.4, 0.5) is 0 Å². The molecular formula is C15H20N2O4. The number of aryl methyl sites for hydroxylation is 1. The van der Waals surface area contributed by atoms with Gasteiger partial charge in [-0.15, -0.1) is 0 Å². The molecule has 0 aromatic heterocycles. The first-order valence-electron chi connectivity index (χ1n) is 6.86. The van der Waals surface area contributed by atoms with Gasteiger partial charge in [0.15, 0.2) is 0 Å². The number of rotatable bonds is 3. The normalized spacial score (nSPS) is 31.6. The summed E-state index contributed by atoms with van der Waals surface area (Å²) in [5.74, 6) is 0. The third-order valence-corrected chi connectivity index (χ3v) is 4.00. The molecule has 1 aliphatic heterocycles. The summed E-state index contributed by atoms with van der Waals surface area (Å²) in [4.78, 5) is 1.53. The lowest BCUT2D eigenvalue weighted by Crippen LogP contribution is -2.62. The molecule has 1 fully saturated rings. The van der Waals surface area contributed by atoms with Crippen LogP contribution in [0.2, 0.25) is 0 Å². The average molecular weight is 292 g/mol. The van der Waals surface area contributed by atoms with Crippen LogP contribution in [0.5, 0.6) is 0 Å². The molecular weight excluding hydrogens is 272 g/mol. The Morgan fingerprint density at radius 2 is 1.86 bits per heavy atom. The number of likely N-dealkylation sites (tertiary alicyclic amines) is 1. The number of benzene rings is 1. The van der Waals surface area contributed by atoms with Gasteiger partial charge in [-0.25, -0.2) is 0 Å². The first-order chi connectivity index (χ1) is 9.99. The van der Waals surface area contributed by atoms with Gasteiger partial charge in [0.05, 0.1) is 24.8 Å². The van der Waals surface area contributed by atoms with E-state index in [9.17, 15) is 25.7 Å². The van der Waals surface area contributed by atoms with Crippen LogP contribution in [-0.4, -0.2) is 62.8 Å². The molecule has 0 radical (unpaired) electrons. The average Bonchev–Trinajstić information content (AvgIpc) is 2.48. The maximum atomic E-state index is 9.99. The van der Waals surface area contributed by atoms with Crippen LogP contribution in [0.1, 0.15) is 17.2 Å². The van der Waals surface area contributed by atoms with Crippen molar-refractivity contribution in [1.82, 2.24) is 4.90 Å². The van der Waals surface area contributed by atoms with E-state index in [1.807, 2.05) is 19.1 Å². The van der Waals surface area contributed by atoms with Gasteiger partial charge in [0.1, 0.15) is 18.2 Å². The number of β-amino-alcohol motifs (C(OH)–C–C–N with tert-alkyl or cyclic N) is 1. The lowest BCUT2D eigenvalue weighted by Gasteiger charge is -2.44. The molecule has 21 heavy (non-hydrogen) atoms. The summed E-state index contributed by atoms with van der Waals surface area (Å²) < 4.78 is 0. The lowest BCUT2D eigenvalue weighted by molar-refractivity contribution is -0.150. The van der Waals surface area contributed by atoms with Gasteiger partial charge >= 0.3 is 0 Å². The van der Waals surface area contributed by atoms with E-state index in [1.165, 1.54) is 4.90 Å². The van der Waals surface area contributed by atoms with Crippen LogP contribution in [0.15, 0.2) is 24.3 Å². The van der Waals surface area contributed by atoms with Gasteiger partial charge < -0.3 is 20.4 Å². The van der Waals surface area contributed by atoms with E-state index in [2.05, 4.69) is 6.07 Å². The lowest BCUT2D eigenvalue weighted by atomic mass is 9.91. The van der Waals surface area contributed by atoms with Crippen LogP contribution in [0.25, 0.3) is 0 Å². The zero-order chi connectivity index (χ0) is 15.6. The van der Waals surface area contributed by atoms with Gasteiger partial charge in [-0.2, -0.15) is 5.26 Å². The molecule has 0 aliphatic carbocycles. The van der Waals surface area contributed by atoms with Crippen molar-refractivity contribution < 1.29 is 20.4 Å². The predicted molar refractivity (Wildman–Crippen MR) is 75.1 cm³/mol. The molecule has 114 valence electrons. The van der Waals surface area contributed by atoms with Crippen molar-refractivity contribution in [2.45, 2.75) is 37.3 Å². The van der Waals surface area contributed by atoms with Crippen LogP contribution >= 0.6 is 0 Å². The third-order valence-electron chi connectivity index (χ3n) is 4.00. The maximum absolute atomic E-state index is 9.99. The molecule has 1 aromatic rings. The summed E-state index contributed by atoms with van der Waals surface area (Å²) in [5, 5.41) is 48.4. The van der Waals surface area contributed by atoms with Crippen LogP contribution < -0.4 is 0 Å². The van der Waals surface area contributed by atoms with Gasteiger partial charge in [-0.05, 0) is 12.5 Å². The van der Waals surface area contributed by atoms with Crippen LogP contribution in [-0.2, 0) is 0 Å². The second-order valence-electron chi connectivity index (χ2n) is 5.44. The van der Waals surface area contributed by atoms with Crippen molar-refractivity contribution in [2.75, 3.05) is 13.2 Å². The molecule has 1 saturated heterocycles. The molecule has 6 nitrogen and oxygen atoms in total. The number of nitriles is 1. The van der Waals surface area contributed by atoms with E-state index in [0.29, 0.717) is 0 Å². The maximum Gasteiger partial charge on any atom is 0.124 e. The molecule has 4 N–H and O–H groups in total. The van der Waals surface area contributed by atoms with Crippen molar-refractivity contribution in [2.24, 2.45) is 0 Å². The van der Waals surface area contributed by atoms with Crippen LogP contribution in [0, 0.1) is 18.3 Å².